The summed E-state index contributed by atoms with van der Waals surface area (Å²) in [5.41, 5.74) is 0. The van der Waals surface area contributed by atoms with Crippen molar-refractivity contribution in [3.63, 3.8) is 0 Å². The van der Waals surface area contributed by atoms with Gasteiger partial charge in [-0.15, -0.1) is 0 Å². The van der Waals surface area contributed by atoms with Crippen molar-refractivity contribution in [3.8, 4) is 0 Å². The van der Waals surface area contributed by atoms with E-state index < -0.39 is 0 Å². The van der Waals surface area contributed by atoms with Crippen molar-refractivity contribution < 1.29 is 14.3 Å². The third-order valence-corrected chi connectivity index (χ3v) is 5.54. The zero-order valence-electron chi connectivity index (χ0n) is 17.3. The van der Waals surface area contributed by atoms with Crippen molar-refractivity contribution in [3.05, 3.63) is 18.6 Å². The van der Waals surface area contributed by atoms with Gasteiger partial charge in [-0.05, 0) is 19.3 Å². The summed E-state index contributed by atoms with van der Waals surface area (Å²) in [6.45, 7) is 6.10. The van der Waals surface area contributed by atoms with Crippen LogP contribution >= 0.6 is 0 Å². The van der Waals surface area contributed by atoms with E-state index in [9.17, 15) is 9.59 Å². The van der Waals surface area contributed by atoms with E-state index in [1.54, 1.807) is 25.7 Å². The lowest BCUT2D eigenvalue weighted by molar-refractivity contribution is -0.137. The lowest BCUT2D eigenvalue weighted by atomic mass is 9.96. The van der Waals surface area contributed by atoms with E-state index in [2.05, 4.69) is 25.1 Å². The summed E-state index contributed by atoms with van der Waals surface area (Å²) in [7, 11) is 1.66. The number of ether oxygens (including phenoxy) is 1. The molecule has 2 saturated heterocycles. The van der Waals surface area contributed by atoms with E-state index >= 15 is 0 Å². The molecule has 0 radical (unpaired) electrons. The zero-order chi connectivity index (χ0) is 20.5. The first-order chi connectivity index (χ1) is 14.2. The Morgan fingerprint density at radius 1 is 1.21 bits per heavy atom. The number of hydrogen-bond acceptors (Lipinski definition) is 7. The summed E-state index contributed by atoms with van der Waals surface area (Å²) in [6, 6.07) is 0. The molecular formula is C20H32N6O3. The van der Waals surface area contributed by atoms with Crippen LogP contribution in [-0.2, 0) is 14.3 Å². The average Bonchev–Trinajstić information content (AvgIpc) is 2.77. The zero-order valence-corrected chi connectivity index (χ0v) is 17.3. The van der Waals surface area contributed by atoms with Crippen LogP contribution in [0.4, 0.5) is 5.82 Å². The van der Waals surface area contributed by atoms with Crippen molar-refractivity contribution in [2.24, 2.45) is 5.92 Å². The Hall–Kier alpha value is -2.26. The summed E-state index contributed by atoms with van der Waals surface area (Å²) in [5, 5.41) is 2.91. The SMILES string of the molecule is COCCCNC(=O)CN1CCN(C(=O)C2CCCN(c3cnccn3)C2)CC1. The van der Waals surface area contributed by atoms with Gasteiger partial charge in [0.25, 0.3) is 0 Å². The number of anilines is 1. The van der Waals surface area contributed by atoms with Crippen LogP contribution in [0, 0.1) is 5.92 Å². The third-order valence-electron chi connectivity index (χ3n) is 5.54. The molecule has 0 aliphatic carbocycles. The molecule has 0 bridgehead atoms. The minimum absolute atomic E-state index is 0.00129. The molecule has 3 heterocycles. The fraction of sp³-hybridized carbons (Fsp3) is 0.700. The van der Waals surface area contributed by atoms with Crippen LogP contribution in [0.15, 0.2) is 18.6 Å². The highest BCUT2D eigenvalue weighted by molar-refractivity contribution is 5.80. The van der Waals surface area contributed by atoms with E-state index in [0.29, 0.717) is 39.3 Å². The smallest absolute Gasteiger partial charge is 0.234 e. The summed E-state index contributed by atoms with van der Waals surface area (Å²) in [5.74, 6) is 1.10. The Kier molecular flexibility index (Phi) is 8.18. The lowest BCUT2D eigenvalue weighted by Crippen LogP contribution is -2.54. The lowest BCUT2D eigenvalue weighted by Gasteiger charge is -2.39. The molecular weight excluding hydrogens is 372 g/mol. The first-order valence-corrected chi connectivity index (χ1v) is 10.4. The van der Waals surface area contributed by atoms with E-state index in [-0.39, 0.29) is 17.7 Å². The first-order valence-electron chi connectivity index (χ1n) is 10.4. The van der Waals surface area contributed by atoms with E-state index in [1.807, 2.05) is 4.90 Å². The molecule has 1 aromatic heterocycles. The molecule has 160 valence electrons. The molecule has 0 saturated carbocycles. The van der Waals surface area contributed by atoms with Gasteiger partial charge in [0.15, 0.2) is 0 Å². The van der Waals surface area contributed by atoms with Gasteiger partial charge in [-0.25, -0.2) is 4.98 Å². The molecule has 3 rings (SSSR count). The second-order valence-corrected chi connectivity index (χ2v) is 7.65. The highest BCUT2D eigenvalue weighted by Gasteiger charge is 2.31. The summed E-state index contributed by atoms with van der Waals surface area (Å²) < 4.78 is 4.98. The number of nitrogens with zero attached hydrogens (tertiary/aromatic N) is 5. The quantitative estimate of drug-likeness (QED) is 0.610. The van der Waals surface area contributed by atoms with Crippen LogP contribution in [0.3, 0.4) is 0 Å². The third kappa shape index (κ3) is 6.37. The maximum Gasteiger partial charge on any atom is 0.234 e. The van der Waals surface area contributed by atoms with Gasteiger partial charge in [-0.3, -0.25) is 19.5 Å². The van der Waals surface area contributed by atoms with Gasteiger partial charge in [-0.2, -0.15) is 0 Å². The second-order valence-electron chi connectivity index (χ2n) is 7.65. The van der Waals surface area contributed by atoms with Gasteiger partial charge >= 0.3 is 0 Å². The molecule has 2 fully saturated rings. The van der Waals surface area contributed by atoms with Crippen molar-refractivity contribution in [1.29, 1.82) is 0 Å². The minimum Gasteiger partial charge on any atom is -0.385 e. The highest BCUT2D eigenvalue weighted by Crippen LogP contribution is 2.23. The van der Waals surface area contributed by atoms with Gasteiger partial charge < -0.3 is 19.9 Å². The van der Waals surface area contributed by atoms with Gasteiger partial charge in [0.05, 0.1) is 18.7 Å². The largest absolute Gasteiger partial charge is 0.385 e. The van der Waals surface area contributed by atoms with Gasteiger partial charge in [0.2, 0.25) is 11.8 Å². The fourth-order valence-electron chi connectivity index (χ4n) is 3.93. The number of hydrogen-bond donors (Lipinski definition) is 1. The molecule has 2 aliphatic heterocycles. The maximum absolute atomic E-state index is 13.0. The van der Waals surface area contributed by atoms with Crippen molar-refractivity contribution >= 4 is 17.6 Å². The Labute approximate surface area is 172 Å². The first kappa shape index (κ1) is 21.4. The summed E-state index contributed by atoms with van der Waals surface area (Å²) >= 11 is 0. The molecule has 2 aliphatic rings. The molecule has 1 N–H and O–H groups in total. The number of nitrogens with one attached hydrogen (secondary N) is 1. The Bertz CT molecular complexity index is 651. The van der Waals surface area contributed by atoms with Crippen LogP contribution in [-0.4, -0.2) is 97.7 Å². The Morgan fingerprint density at radius 2 is 2.03 bits per heavy atom. The molecule has 1 unspecified atom stereocenters. The highest BCUT2D eigenvalue weighted by atomic mass is 16.5. The molecule has 29 heavy (non-hydrogen) atoms. The van der Waals surface area contributed by atoms with E-state index in [4.69, 9.17) is 4.74 Å². The maximum atomic E-state index is 13.0. The Morgan fingerprint density at radius 3 is 2.76 bits per heavy atom. The predicted octanol–water partition coefficient (Wildman–Crippen LogP) is -0.0101. The number of carbonyl (C=O) groups excluding carboxylic acids is 2. The van der Waals surface area contributed by atoms with Gasteiger partial charge in [0.1, 0.15) is 5.82 Å². The summed E-state index contributed by atoms with van der Waals surface area (Å²) in [6.07, 6.45) is 7.82. The molecule has 1 aromatic rings. The topological polar surface area (TPSA) is 90.9 Å². The van der Waals surface area contributed by atoms with E-state index in [0.717, 1.165) is 44.7 Å². The number of amides is 2. The number of methoxy groups -OCH3 is 1. The van der Waals surface area contributed by atoms with E-state index in [1.165, 1.54) is 0 Å². The molecule has 9 nitrogen and oxygen atoms in total. The number of piperidine rings is 1. The molecule has 0 aromatic carbocycles. The second kappa shape index (κ2) is 11.1. The van der Waals surface area contributed by atoms with Crippen LogP contribution in [0.25, 0.3) is 0 Å². The standard InChI is InChI=1S/C20H32N6O3/c1-29-13-3-5-23-19(27)16-24-9-11-25(12-10-24)20(28)17-4-2-8-26(15-17)18-14-21-6-7-22-18/h6-7,14,17H,2-5,8-13,15-16H2,1H3,(H,23,27). The minimum atomic E-state index is 0.00129. The van der Waals surface area contributed by atoms with Crippen molar-refractivity contribution in [2.75, 3.05) is 71.0 Å². The van der Waals surface area contributed by atoms with Gasteiger partial charge in [0, 0.05) is 71.9 Å². The van der Waals surface area contributed by atoms with Gasteiger partial charge in [-0.1, -0.05) is 0 Å². The number of aromatic nitrogens is 2. The molecule has 2 amide bonds. The normalized spacial score (nSPS) is 20.5. The number of rotatable bonds is 8. The van der Waals surface area contributed by atoms with Crippen LogP contribution in [0.5, 0.6) is 0 Å². The fourth-order valence-corrected chi connectivity index (χ4v) is 3.93. The van der Waals surface area contributed by atoms with Crippen molar-refractivity contribution in [1.82, 2.24) is 25.1 Å². The predicted molar refractivity (Wildman–Crippen MR) is 109 cm³/mol. The molecule has 1 atom stereocenters. The Balaban J connectivity index is 1.41. The molecule has 0 spiro atoms. The number of carbonyl (C=O) groups is 2. The monoisotopic (exact) mass is 404 g/mol. The summed E-state index contributed by atoms with van der Waals surface area (Å²) in [4.78, 5) is 39.8. The van der Waals surface area contributed by atoms with Crippen LogP contribution in [0.1, 0.15) is 19.3 Å². The molecule has 9 heteroatoms. The van der Waals surface area contributed by atoms with Crippen LogP contribution in [0.2, 0.25) is 0 Å². The van der Waals surface area contributed by atoms with Crippen molar-refractivity contribution in [2.45, 2.75) is 19.3 Å². The van der Waals surface area contributed by atoms with Crippen LogP contribution < -0.4 is 10.2 Å². The average molecular weight is 405 g/mol. The number of piperazine rings is 1.